The molecule has 10 heteroatoms. The molecule has 0 radical (unpaired) electrons. The second-order valence-corrected chi connectivity index (χ2v) is 11.5. The highest BCUT2D eigenvalue weighted by Gasteiger charge is 2.34. The summed E-state index contributed by atoms with van der Waals surface area (Å²) in [6, 6.07) is 6.86. The van der Waals surface area contributed by atoms with E-state index in [0.29, 0.717) is 23.5 Å². The number of rotatable bonds is 8. The first-order chi connectivity index (χ1) is 14.0. The summed E-state index contributed by atoms with van der Waals surface area (Å²) < 4.78 is -3.85. The van der Waals surface area contributed by atoms with Gasteiger partial charge in [0.15, 0.2) is 23.3 Å². The maximum atomic E-state index is 12.7. The van der Waals surface area contributed by atoms with Gasteiger partial charge in [-0.25, -0.2) is 15.0 Å². The third kappa shape index (κ3) is 7.36. The molecule has 0 spiro atoms. The average Bonchev–Trinajstić information content (AvgIpc) is 2.69. The Kier molecular flexibility index (Phi) is 9.48. The molecule has 4 nitrogen and oxygen atoms in total. The number of hydrogen-bond donors (Lipinski definition) is 0. The quantitative estimate of drug-likeness (QED) is 0.256. The van der Waals surface area contributed by atoms with Gasteiger partial charge in [0.05, 0.1) is 0 Å². The van der Waals surface area contributed by atoms with Crippen molar-refractivity contribution in [2.75, 3.05) is 0 Å². The molecule has 2 rings (SSSR count). The van der Waals surface area contributed by atoms with Crippen LogP contribution in [0.5, 0.6) is 0 Å². The molecule has 0 amide bonds. The molecule has 2 aromatic rings. The molecule has 1 aromatic carbocycles. The van der Waals surface area contributed by atoms with Gasteiger partial charge < -0.3 is 0 Å². The normalized spacial score (nSPS) is 13.3. The van der Waals surface area contributed by atoms with E-state index in [1.54, 1.807) is 24.3 Å². The van der Waals surface area contributed by atoms with Crippen LogP contribution in [0.25, 0.3) is 11.4 Å². The summed E-state index contributed by atoms with van der Waals surface area (Å²) in [4.78, 5) is 25.0. The fourth-order valence-corrected chi connectivity index (χ4v) is 3.39. The topological polar surface area (TPSA) is 55.7 Å². The lowest BCUT2D eigenvalue weighted by Gasteiger charge is -2.16. The monoisotopic (exact) mass is 529 g/mol. The predicted molar refractivity (Wildman–Crippen MR) is 126 cm³/mol. The maximum Gasteiger partial charge on any atom is 0.250 e. The van der Waals surface area contributed by atoms with Crippen molar-refractivity contribution >= 4 is 75.4 Å². The lowest BCUT2D eigenvalue weighted by molar-refractivity contribution is 0.0957. The van der Waals surface area contributed by atoms with Gasteiger partial charge in [-0.3, -0.25) is 4.79 Å². The first-order valence-corrected chi connectivity index (χ1v) is 11.8. The molecular formula is C20H21Cl6N3O. The minimum atomic E-state index is -1.92. The van der Waals surface area contributed by atoms with Crippen molar-refractivity contribution in [3.05, 3.63) is 41.5 Å². The Morgan fingerprint density at radius 1 is 0.900 bits per heavy atom. The second-order valence-electron chi connectivity index (χ2n) is 6.92. The van der Waals surface area contributed by atoms with Crippen molar-refractivity contribution in [3.63, 3.8) is 0 Å². The molecule has 0 aliphatic rings. The van der Waals surface area contributed by atoms with E-state index in [1.165, 1.54) is 0 Å². The highest BCUT2D eigenvalue weighted by Crippen LogP contribution is 2.40. The molecule has 1 heterocycles. The standard InChI is InChI=1S/C20H21Cl6N3O/c1-3-5-6-12(4-2)11-15(30)13-7-9-14(10-8-13)16-27-17(19(21,22)23)29-18(28-16)20(24,25)26/h7-10,12H,3-6,11H2,1-2H3. The van der Waals surface area contributed by atoms with Crippen LogP contribution in [-0.4, -0.2) is 20.7 Å². The van der Waals surface area contributed by atoms with Crippen LogP contribution in [-0.2, 0) is 7.59 Å². The summed E-state index contributed by atoms with van der Waals surface area (Å²) in [5.41, 5.74) is 1.18. The van der Waals surface area contributed by atoms with Crippen molar-refractivity contribution in [1.29, 1.82) is 0 Å². The van der Waals surface area contributed by atoms with Crippen LogP contribution < -0.4 is 0 Å². The smallest absolute Gasteiger partial charge is 0.250 e. The third-order valence-electron chi connectivity index (χ3n) is 4.62. The van der Waals surface area contributed by atoms with E-state index < -0.39 is 7.59 Å². The van der Waals surface area contributed by atoms with Crippen molar-refractivity contribution in [2.45, 2.75) is 53.5 Å². The summed E-state index contributed by atoms with van der Waals surface area (Å²) in [5, 5.41) is 0. The van der Waals surface area contributed by atoms with E-state index in [1.807, 2.05) is 0 Å². The van der Waals surface area contributed by atoms with Gasteiger partial charge in [-0.2, -0.15) is 0 Å². The highest BCUT2D eigenvalue weighted by molar-refractivity contribution is 6.67. The minimum absolute atomic E-state index is 0.101. The number of halogens is 6. The van der Waals surface area contributed by atoms with Crippen LogP contribution in [0.4, 0.5) is 0 Å². The van der Waals surface area contributed by atoms with Crippen molar-refractivity contribution in [1.82, 2.24) is 15.0 Å². The van der Waals surface area contributed by atoms with Crippen molar-refractivity contribution < 1.29 is 4.79 Å². The van der Waals surface area contributed by atoms with E-state index in [-0.39, 0.29) is 23.3 Å². The minimum Gasteiger partial charge on any atom is -0.294 e. The first-order valence-electron chi connectivity index (χ1n) is 9.49. The van der Waals surface area contributed by atoms with Crippen LogP contribution in [0, 0.1) is 5.92 Å². The van der Waals surface area contributed by atoms with E-state index in [4.69, 9.17) is 69.6 Å². The molecule has 0 aliphatic heterocycles. The number of aromatic nitrogens is 3. The SMILES string of the molecule is CCCCC(CC)CC(=O)c1ccc(-c2nc(C(Cl)(Cl)Cl)nc(C(Cl)(Cl)Cl)n2)cc1. The number of Topliss-reactive ketones (excluding diaryl/α,β-unsaturated/α-hetero) is 1. The third-order valence-corrected chi connectivity index (χ3v) is 5.64. The summed E-state index contributed by atoms with van der Waals surface area (Å²) in [6.07, 6.45) is 4.81. The molecule has 1 atom stereocenters. The highest BCUT2D eigenvalue weighted by atomic mass is 35.6. The first kappa shape index (κ1) is 25.9. The summed E-state index contributed by atoms with van der Waals surface area (Å²) >= 11 is 35.5. The van der Waals surface area contributed by atoms with Crippen LogP contribution >= 0.6 is 69.6 Å². The Bertz CT molecular complexity index is 830. The molecular weight excluding hydrogens is 511 g/mol. The van der Waals surface area contributed by atoms with Crippen LogP contribution in [0.15, 0.2) is 24.3 Å². The zero-order valence-electron chi connectivity index (χ0n) is 16.4. The molecule has 1 unspecified atom stereocenters. The Morgan fingerprint density at radius 2 is 1.43 bits per heavy atom. The second kappa shape index (κ2) is 11.0. The lowest BCUT2D eigenvalue weighted by Crippen LogP contribution is -2.16. The Morgan fingerprint density at radius 3 is 1.87 bits per heavy atom. The Hall–Kier alpha value is -0.360. The summed E-state index contributed by atoms with van der Waals surface area (Å²) in [6.45, 7) is 4.26. The Balaban J connectivity index is 2.30. The summed E-state index contributed by atoms with van der Waals surface area (Å²) in [5.74, 6) is 0.325. The molecule has 0 N–H and O–H groups in total. The molecule has 0 saturated carbocycles. The van der Waals surface area contributed by atoms with Crippen LogP contribution in [0.1, 0.15) is 68.0 Å². The Labute approximate surface area is 206 Å². The number of ketones is 1. The van der Waals surface area contributed by atoms with Gasteiger partial charge in [0.25, 0.3) is 0 Å². The van der Waals surface area contributed by atoms with Crippen LogP contribution in [0.3, 0.4) is 0 Å². The number of hydrogen-bond acceptors (Lipinski definition) is 4. The number of unbranched alkanes of at least 4 members (excludes halogenated alkanes) is 1. The van der Waals surface area contributed by atoms with Crippen molar-refractivity contribution in [2.24, 2.45) is 5.92 Å². The van der Waals surface area contributed by atoms with Gasteiger partial charge in [0.2, 0.25) is 7.59 Å². The van der Waals surface area contributed by atoms with Gasteiger partial charge in [-0.05, 0) is 5.92 Å². The average molecular weight is 532 g/mol. The van der Waals surface area contributed by atoms with E-state index in [9.17, 15) is 4.79 Å². The van der Waals surface area contributed by atoms with Gasteiger partial charge in [-0.15, -0.1) is 0 Å². The van der Waals surface area contributed by atoms with Gasteiger partial charge in [0, 0.05) is 17.5 Å². The zero-order chi connectivity index (χ0) is 22.5. The maximum absolute atomic E-state index is 12.7. The van der Waals surface area contributed by atoms with Crippen molar-refractivity contribution in [3.8, 4) is 11.4 Å². The fourth-order valence-electron chi connectivity index (χ4n) is 2.89. The predicted octanol–water partition coefficient (Wildman–Crippen LogP) is 7.98. The van der Waals surface area contributed by atoms with Gasteiger partial charge in [-0.1, -0.05) is 133 Å². The van der Waals surface area contributed by atoms with Gasteiger partial charge in [0.1, 0.15) is 0 Å². The number of nitrogens with zero attached hydrogens (tertiary/aromatic N) is 3. The number of carbonyl (C=O) groups is 1. The number of benzene rings is 1. The molecule has 164 valence electrons. The number of alkyl halides is 6. The van der Waals surface area contributed by atoms with Crippen LogP contribution in [0.2, 0.25) is 0 Å². The van der Waals surface area contributed by atoms with E-state index >= 15 is 0 Å². The van der Waals surface area contributed by atoms with E-state index in [0.717, 1.165) is 25.7 Å². The summed E-state index contributed by atoms with van der Waals surface area (Å²) in [7, 11) is 0. The molecule has 1 aromatic heterocycles. The number of carbonyl (C=O) groups excluding carboxylic acids is 1. The lowest BCUT2D eigenvalue weighted by atomic mass is 9.91. The zero-order valence-corrected chi connectivity index (χ0v) is 21.0. The molecule has 30 heavy (non-hydrogen) atoms. The molecule has 0 aliphatic carbocycles. The van der Waals surface area contributed by atoms with E-state index in [2.05, 4.69) is 28.8 Å². The fraction of sp³-hybridized carbons (Fsp3) is 0.500. The molecule has 0 saturated heterocycles. The molecule has 0 fully saturated rings. The molecule has 0 bridgehead atoms. The largest absolute Gasteiger partial charge is 0.294 e. The van der Waals surface area contributed by atoms with Gasteiger partial charge >= 0.3 is 0 Å².